The maximum absolute atomic E-state index is 12.7. The third-order valence-corrected chi connectivity index (χ3v) is 5.68. The molecule has 1 saturated carbocycles. The Hall–Kier alpha value is -2.33. The van der Waals surface area contributed by atoms with E-state index in [1.54, 1.807) is 0 Å². The predicted octanol–water partition coefficient (Wildman–Crippen LogP) is 4.73. The van der Waals surface area contributed by atoms with Crippen molar-refractivity contribution in [3.8, 4) is 0 Å². The number of halogens is 1. The van der Waals surface area contributed by atoms with E-state index in [0.717, 1.165) is 40.3 Å². The Morgan fingerprint density at radius 1 is 1.07 bits per heavy atom. The highest BCUT2D eigenvalue weighted by Crippen LogP contribution is 2.23. The van der Waals surface area contributed by atoms with E-state index < -0.39 is 0 Å². The van der Waals surface area contributed by atoms with Crippen LogP contribution in [0.15, 0.2) is 48.5 Å². The van der Waals surface area contributed by atoms with E-state index in [4.69, 9.17) is 16.6 Å². The van der Waals surface area contributed by atoms with E-state index in [-0.39, 0.29) is 12.5 Å². The fourth-order valence-corrected chi connectivity index (χ4v) is 4.12. The number of rotatable bonds is 5. The molecule has 0 aliphatic heterocycles. The highest BCUT2D eigenvalue weighted by Gasteiger charge is 2.18. The Morgan fingerprint density at radius 3 is 2.63 bits per heavy atom. The van der Waals surface area contributed by atoms with Crippen molar-refractivity contribution in [1.82, 2.24) is 14.9 Å². The lowest BCUT2D eigenvalue weighted by Crippen LogP contribution is -2.38. The molecule has 1 aliphatic carbocycles. The average molecular weight is 382 g/mol. The number of hydrogen-bond donors (Lipinski definition) is 1. The number of fused-ring (bicyclic) bond motifs is 1. The molecule has 1 heterocycles. The van der Waals surface area contributed by atoms with Gasteiger partial charge in [0.1, 0.15) is 12.4 Å². The van der Waals surface area contributed by atoms with Crippen LogP contribution in [0.1, 0.15) is 43.5 Å². The van der Waals surface area contributed by atoms with Gasteiger partial charge >= 0.3 is 0 Å². The summed E-state index contributed by atoms with van der Waals surface area (Å²) >= 11 is 6.34. The van der Waals surface area contributed by atoms with Gasteiger partial charge in [-0.25, -0.2) is 4.98 Å². The molecule has 1 aliphatic rings. The van der Waals surface area contributed by atoms with Crippen molar-refractivity contribution >= 4 is 28.5 Å². The Kier molecular flexibility index (Phi) is 5.44. The molecule has 2 aromatic carbocycles. The molecule has 0 atom stereocenters. The lowest BCUT2D eigenvalue weighted by Gasteiger charge is -2.23. The fraction of sp³-hybridized carbons (Fsp3) is 0.364. The molecule has 3 aromatic rings. The van der Waals surface area contributed by atoms with E-state index in [1.165, 1.54) is 19.3 Å². The van der Waals surface area contributed by atoms with Crippen molar-refractivity contribution in [2.75, 3.05) is 0 Å². The fourth-order valence-electron chi connectivity index (χ4n) is 3.91. The van der Waals surface area contributed by atoms with Gasteiger partial charge in [0.15, 0.2) is 0 Å². The second-order valence-corrected chi connectivity index (χ2v) is 7.68. The highest BCUT2D eigenvalue weighted by atomic mass is 35.5. The predicted molar refractivity (Wildman–Crippen MR) is 109 cm³/mol. The first kappa shape index (κ1) is 18.1. The van der Waals surface area contributed by atoms with E-state index in [1.807, 2.05) is 53.1 Å². The SMILES string of the molecule is O=C(Cn1c(Cc2ccccc2Cl)nc2ccccc21)NC1CCCCC1. The summed E-state index contributed by atoms with van der Waals surface area (Å²) in [4.78, 5) is 17.5. The number of amides is 1. The second kappa shape index (κ2) is 8.13. The molecule has 1 N–H and O–H groups in total. The van der Waals surface area contributed by atoms with E-state index in [9.17, 15) is 4.79 Å². The zero-order valence-electron chi connectivity index (χ0n) is 15.3. The molecule has 0 unspecified atom stereocenters. The Morgan fingerprint density at radius 2 is 1.81 bits per heavy atom. The van der Waals surface area contributed by atoms with Gasteiger partial charge in [-0.3, -0.25) is 4.79 Å². The van der Waals surface area contributed by atoms with Gasteiger partial charge in [-0.1, -0.05) is 61.2 Å². The van der Waals surface area contributed by atoms with Crippen LogP contribution >= 0.6 is 11.6 Å². The van der Waals surface area contributed by atoms with E-state index in [2.05, 4.69) is 5.32 Å². The van der Waals surface area contributed by atoms with Gasteiger partial charge in [-0.15, -0.1) is 0 Å². The minimum atomic E-state index is 0.0606. The van der Waals surface area contributed by atoms with Crippen LogP contribution in [0.25, 0.3) is 11.0 Å². The zero-order chi connectivity index (χ0) is 18.6. The molecule has 1 aromatic heterocycles. The molecule has 0 radical (unpaired) electrons. The Balaban J connectivity index is 1.60. The first-order valence-corrected chi connectivity index (χ1v) is 10.1. The molecular weight excluding hydrogens is 358 g/mol. The molecule has 0 spiro atoms. The summed E-state index contributed by atoms with van der Waals surface area (Å²) < 4.78 is 2.02. The topological polar surface area (TPSA) is 46.9 Å². The summed E-state index contributed by atoms with van der Waals surface area (Å²) in [6.45, 7) is 0.288. The minimum Gasteiger partial charge on any atom is -0.352 e. The van der Waals surface area contributed by atoms with Crippen LogP contribution in [0.5, 0.6) is 0 Å². The summed E-state index contributed by atoms with van der Waals surface area (Å²) in [5.41, 5.74) is 2.91. The molecule has 0 bridgehead atoms. The lowest BCUT2D eigenvalue weighted by molar-refractivity contribution is -0.122. The highest BCUT2D eigenvalue weighted by molar-refractivity contribution is 6.31. The smallest absolute Gasteiger partial charge is 0.240 e. The zero-order valence-corrected chi connectivity index (χ0v) is 16.1. The molecule has 4 rings (SSSR count). The first-order valence-electron chi connectivity index (χ1n) is 9.67. The van der Waals surface area contributed by atoms with Crippen molar-refractivity contribution in [3.05, 3.63) is 64.9 Å². The van der Waals surface area contributed by atoms with Crippen LogP contribution in [0.2, 0.25) is 5.02 Å². The molecule has 0 saturated heterocycles. The maximum atomic E-state index is 12.7. The third-order valence-electron chi connectivity index (χ3n) is 5.31. The number of nitrogens with one attached hydrogen (secondary N) is 1. The summed E-state index contributed by atoms with van der Waals surface area (Å²) in [5.74, 6) is 0.925. The Labute approximate surface area is 164 Å². The lowest BCUT2D eigenvalue weighted by atomic mass is 9.95. The summed E-state index contributed by atoms with van der Waals surface area (Å²) in [7, 11) is 0. The quantitative estimate of drug-likeness (QED) is 0.694. The molecule has 4 nitrogen and oxygen atoms in total. The van der Waals surface area contributed by atoms with Crippen molar-refractivity contribution in [1.29, 1.82) is 0 Å². The number of hydrogen-bond acceptors (Lipinski definition) is 2. The number of carbonyl (C=O) groups is 1. The summed E-state index contributed by atoms with van der Waals surface area (Å²) in [5, 5.41) is 3.94. The number of para-hydroxylation sites is 2. The van der Waals surface area contributed by atoms with Crippen molar-refractivity contribution < 1.29 is 4.79 Å². The van der Waals surface area contributed by atoms with Crippen LogP contribution in [-0.4, -0.2) is 21.5 Å². The Bertz CT molecular complexity index is 944. The van der Waals surface area contributed by atoms with E-state index in [0.29, 0.717) is 12.5 Å². The number of nitrogens with zero attached hydrogens (tertiary/aromatic N) is 2. The van der Waals surface area contributed by atoms with Gasteiger partial charge in [0.25, 0.3) is 0 Å². The van der Waals surface area contributed by atoms with Gasteiger partial charge < -0.3 is 9.88 Å². The molecule has 27 heavy (non-hydrogen) atoms. The van der Waals surface area contributed by atoms with Crippen molar-refractivity contribution in [2.45, 2.75) is 51.1 Å². The average Bonchev–Trinajstić information content (AvgIpc) is 3.02. The summed E-state index contributed by atoms with van der Waals surface area (Å²) in [6.07, 6.45) is 6.46. The van der Waals surface area contributed by atoms with Gasteiger partial charge in [0.05, 0.1) is 11.0 Å². The molecule has 5 heteroatoms. The molecular formula is C22H24ClN3O. The van der Waals surface area contributed by atoms with Crippen LogP contribution in [0.4, 0.5) is 0 Å². The van der Waals surface area contributed by atoms with Crippen LogP contribution in [0, 0.1) is 0 Å². The summed E-state index contributed by atoms with van der Waals surface area (Å²) in [6, 6.07) is 16.1. The number of carbonyl (C=O) groups excluding carboxylic acids is 1. The second-order valence-electron chi connectivity index (χ2n) is 7.27. The maximum Gasteiger partial charge on any atom is 0.240 e. The molecule has 140 valence electrons. The molecule has 1 fully saturated rings. The van der Waals surface area contributed by atoms with Crippen LogP contribution < -0.4 is 5.32 Å². The van der Waals surface area contributed by atoms with Crippen LogP contribution in [0.3, 0.4) is 0 Å². The monoisotopic (exact) mass is 381 g/mol. The van der Waals surface area contributed by atoms with E-state index >= 15 is 0 Å². The number of aromatic nitrogens is 2. The van der Waals surface area contributed by atoms with Gasteiger partial charge in [0.2, 0.25) is 5.91 Å². The van der Waals surface area contributed by atoms with Gasteiger partial charge in [-0.2, -0.15) is 0 Å². The van der Waals surface area contributed by atoms with Crippen molar-refractivity contribution in [3.63, 3.8) is 0 Å². The normalized spacial score (nSPS) is 15.1. The van der Waals surface area contributed by atoms with Gasteiger partial charge in [-0.05, 0) is 36.6 Å². The number of benzene rings is 2. The largest absolute Gasteiger partial charge is 0.352 e. The standard InChI is InChI=1S/C22H24ClN3O/c23-18-11-5-4-8-16(18)14-21-25-19-12-6-7-13-20(19)26(21)15-22(27)24-17-9-2-1-3-10-17/h4-8,11-13,17H,1-3,9-10,14-15H2,(H,24,27). The third kappa shape index (κ3) is 4.16. The van der Waals surface area contributed by atoms with Gasteiger partial charge in [0, 0.05) is 17.5 Å². The minimum absolute atomic E-state index is 0.0606. The van der Waals surface area contributed by atoms with Crippen molar-refractivity contribution in [2.24, 2.45) is 0 Å². The molecule has 1 amide bonds. The van der Waals surface area contributed by atoms with Crippen LogP contribution in [-0.2, 0) is 17.8 Å². The number of imidazole rings is 1. The first-order chi connectivity index (χ1) is 13.2.